The van der Waals surface area contributed by atoms with Crippen molar-refractivity contribution in [3.05, 3.63) is 61.9 Å². The van der Waals surface area contributed by atoms with Crippen LogP contribution in [0.5, 0.6) is 0 Å². The lowest BCUT2D eigenvalue weighted by molar-refractivity contribution is 0.318. The van der Waals surface area contributed by atoms with Gasteiger partial charge in [0.2, 0.25) is 0 Å². The van der Waals surface area contributed by atoms with Gasteiger partial charge in [0.25, 0.3) is 0 Å². The topological polar surface area (TPSA) is 70.6 Å². The first-order chi connectivity index (χ1) is 10.0. The lowest BCUT2D eigenvalue weighted by Crippen LogP contribution is -2.14. The van der Waals surface area contributed by atoms with E-state index in [9.17, 15) is 4.39 Å². The minimum absolute atomic E-state index is 0.130. The van der Waals surface area contributed by atoms with Crippen LogP contribution in [0.1, 0.15) is 11.1 Å². The number of rotatable bonds is 4. The summed E-state index contributed by atoms with van der Waals surface area (Å²) in [6.07, 6.45) is 0. The zero-order chi connectivity index (χ0) is 15.4. The Morgan fingerprint density at radius 2 is 2.10 bits per heavy atom. The van der Waals surface area contributed by atoms with E-state index in [-0.39, 0.29) is 12.4 Å². The zero-order valence-corrected chi connectivity index (χ0v) is 13.7. The van der Waals surface area contributed by atoms with Crippen molar-refractivity contribution < 1.29 is 9.60 Å². The van der Waals surface area contributed by atoms with Crippen LogP contribution >= 0.6 is 34.2 Å². The van der Waals surface area contributed by atoms with Crippen molar-refractivity contribution in [1.82, 2.24) is 0 Å². The maximum Gasteiger partial charge on any atom is 0.170 e. The van der Waals surface area contributed by atoms with Gasteiger partial charge in [-0.05, 0) is 46.9 Å². The van der Waals surface area contributed by atoms with Crippen molar-refractivity contribution in [3.8, 4) is 0 Å². The van der Waals surface area contributed by atoms with Crippen LogP contribution in [0.3, 0.4) is 0 Å². The molecule has 0 unspecified atom stereocenters. The van der Waals surface area contributed by atoms with E-state index in [1.54, 1.807) is 12.1 Å². The number of halogens is 3. The molecule has 0 aromatic heterocycles. The molecule has 0 aliphatic carbocycles. The maximum absolute atomic E-state index is 13.9. The predicted molar refractivity (Wildman–Crippen MR) is 90.4 cm³/mol. The second kappa shape index (κ2) is 6.95. The van der Waals surface area contributed by atoms with Crippen LogP contribution in [0.4, 0.5) is 10.1 Å². The number of anilines is 1. The third kappa shape index (κ3) is 3.98. The van der Waals surface area contributed by atoms with E-state index in [1.807, 2.05) is 18.2 Å². The molecule has 21 heavy (non-hydrogen) atoms. The van der Waals surface area contributed by atoms with Crippen LogP contribution < -0.4 is 11.1 Å². The van der Waals surface area contributed by atoms with Gasteiger partial charge < -0.3 is 16.3 Å². The van der Waals surface area contributed by atoms with Gasteiger partial charge in [0.15, 0.2) is 5.84 Å². The van der Waals surface area contributed by atoms with E-state index >= 15 is 0 Å². The van der Waals surface area contributed by atoms with Crippen molar-refractivity contribution >= 4 is 45.7 Å². The average molecular weight is 420 g/mol. The maximum atomic E-state index is 13.9. The predicted octanol–water partition coefficient (Wildman–Crippen LogP) is 3.79. The lowest BCUT2D eigenvalue weighted by atomic mass is 10.1. The number of nitrogens with two attached hydrogens (primary N) is 1. The van der Waals surface area contributed by atoms with Gasteiger partial charge in [-0.2, -0.15) is 0 Å². The second-order valence-electron chi connectivity index (χ2n) is 4.27. The van der Waals surface area contributed by atoms with E-state index in [2.05, 4.69) is 33.1 Å². The first-order valence-corrected chi connectivity index (χ1v) is 7.42. The Morgan fingerprint density at radius 3 is 2.71 bits per heavy atom. The number of oxime groups is 1. The largest absolute Gasteiger partial charge is 0.409 e. The van der Waals surface area contributed by atoms with E-state index in [0.29, 0.717) is 16.1 Å². The quantitative estimate of drug-likeness (QED) is 0.232. The second-order valence-corrected chi connectivity index (χ2v) is 5.92. The molecular weight excluding hydrogens is 408 g/mol. The Balaban J connectivity index is 2.13. The van der Waals surface area contributed by atoms with Crippen LogP contribution in [0.15, 0.2) is 41.6 Å². The molecular formula is C14H12ClFIN3O. The minimum atomic E-state index is -0.437. The summed E-state index contributed by atoms with van der Waals surface area (Å²) in [6.45, 7) is 0.280. The summed E-state index contributed by atoms with van der Waals surface area (Å²) in [7, 11) is 0. The van der Waals surface area contributed by atoms with Gasteiger partial charge in [-0.15, -0.1) is 0 Å². The van der Waals surface area contributed by atoms with E-state index < -0.39 is 5.82 Å². The van der Waals surface area contributed by atoms with E-state index in [4.69, 9.17) is 22.5 Å². The Labute approximate surface area is 139 Å². The summed E-state index contributed by atoms with van der Waals surface area (Å²) in [5, 5.41) is 15.1. The smallest absolute Gasteiger partial charge is 0.170 e. The molecule has 4 nitrogen and oxygen atoms in total. The van der Waals surface area contributed by atoms with Crippen LogP contribution in [-0.4, -0.2) is 11.0 Å². The van der Waals surface area contributed by atoms with Crippen molar-refractivity contribution in [3.63, 3.8) is 0 Å². The molecule has 0 aliphatic heterocycles. The van der Waals surface area contributed by atoms with Crippen molar-refractivity contribution in [2.75, 3.05) is 5.32 Å². The number of benzene rings is 2. The van der Waals surface area contributed by atoms with E-state index in [1.165, 1.54) is 6.07 Å². The highest BCUT2D eigenvalue weighted by Gasteiger charge is 2.07. The normalized spacial score (nSPS) is 11.5. The van der Waals surface area contributed by atoms with Gasteiger partial charge in [0.1, 0.15) is 5.82 Å². The molecule has 110 valence electrons. The fraction of sp³-hybridized carbons (Fsp3) is 0.0714. The monoisotopic (exact) mass is 419 g/mol. The van der Waals surface area contributed by atoms with Crippen LogP contribution in [0, 0.1) is 9.39 Å². The molecule has 0 aliphatic rings. The van der Waals surface area contributed by atoms with Crippen LogP contribution in [0.2, 0.25) is 5.02 Å². The molecule has 0 saturated heterocycles. The number of hydrogen-bond acceptors (Lipinski definition) is 3. The highest BCUT2D eigenvalue weighted by atomic mass is 127. The lowest BCUT2D eigenvalue weighted by Gasteiger charge is -2.10. The first-order valence-electron chi connectivity index (χ1n) is 5.96. The van der Waals surface area contributed by atoms with Gasteiger partial charge >= 0.3 is 0 Å². The Kier molecular flexibility index (Phi) is 5.24. The molecule has 2 aromatic rings. The molecule has 2 rings (SSSR count). The molecule has 0 spiro atoms. The first kappa shape index (κ1) is 15.8. The highest BCUT2D eigenvalue weighted by molar-refractivity contribution is 14.1. The van der Waals surface area contributed by atoms with Gasteiger partial charge in [0, 0.05) is 21.2 Å². The van der Waals surface area contributed by atoms with Crippen molar-refractivity contribution in [2.45, 2.75) is 6.54 Å². The molecule has 0 radical (unpaired) electrons. The summed E-state index contributed by atoms with van der Waals surface area (Å²) in [6, 6.07) is 9.96. The molecule has 0 bridgehead atoms. The number of nitrogens with zero attached hydrogens (tertiary/aromatic N) is 1. The molecule has 0 fully saturated rings. The summed E-state index contributed by atoms with van der Waals surface area (Å²) in [5.74, 6) is -0.567. The molecule has 0 saturated carbocycles. The van der Waals surface area contributed by atoms with Gasteiger partial charge in [-0.1, -0.05) is 28.9 Å². The summed E-state index contributed by atoms with van der Waals surface area (Å²) in [4.78, 5) is 0. The van der Waals surface area contributed by atoms with Crippen molar-refractivity contribution in [2.24, 2.45) is 10.9 Å². The average Bonchev–Trinajstić information content (AvgIpc) is 2.46. The summed E-state index contributed by atoms with van der Waals surface area (Å²) < 4.78 is 15.0. The van der Waals surface area contributed by atoms with Gasteiger partial charge in [0.05, 0.1) is 10.7 Å². The molecule has 0 heterocycles. The van der Waals surface area contributed by atoms with Crippen LogP contribution in [0.25, 0.3) is 0 Å². The Hall–Kier alpha value is -1.54. The van der Waals surface area contributed by atoms with Gasteiger partial charge in [-0.25, -0.2) is 4.39 Å². The summed E-state index contributed by atoms with van der Waals surface area (Å²) >= 11 is 8.26. The SMILES string of the molecule is N/C(=N/O)c1ccc(CNc2ccc(I)cc2Cl)c(F)c1. The third-order valence-corrected chi connectivity index (χ3v) is 3.84. The Morgan fingerprint density at radius 1 is 1.33 bits per heavy atom. The summed E-state index contributed by atoms with van der Waals surface area (Å²) in [5.41, 5.74) is 6.93. The number of nitrogens with one attached hydrogen (secondary N) is 1. The number of amidine groups is 1. The third-order valence-electron chi connectivity index (χ3n) is 2.86. The van der Waals surface area contributed by atoms with Crippen LogP contribution in [-0.2, 0) is 6.54 Å². The molecule has 7 heteroatoms. The highest BCUT2D eigenvalue weighted by Crippen LogP contribution is 2.24. The zero-order valence-electron chi connectivity index (χ0n) is 10.8. The minimum Gasteiger partial charge on any atom is -0.409 e. The number of hydrogen-bond donors (Lipinski definition) is 3. The molecule has 4 N–H and O–H groups in total. The van der Waals surface area contributed by atoms with Crippen molar-refractivity contribution in [1.29, 1.82) is 0 Å². The molecule has 0 amide bonds. The fourth-order valence-corrected chi connectivity index (χ4v) is 2.65. The van der Waals surface area contributed by atoms with E-state index in [0.717, 1.165) is 9.26 Å². The fourth-order valence-electron chi connectivity index (χ4n) is 1.73. The van der Waals surface area contributed by atoms with Gasteiger partial charge in [-0.3, -0.25) is 0 Å². The molecule has 2 aromatic carbocycles. The molecule has 0 atom stereocenters. The standard InChI is InChI=1S/C14H12ClFIN3O/c15-11-6-10(17)3-4-13(11)19-7-9-2-1-8(5-12(9)16)14(18)20-21/h1-6,19,21H,7H2,(H2,18,20). The Bertz CT molecular complexity index is 694.